The summed E-state index contributed by atoms with van der Waals surface area (Å²) >= 11 is 0. The van der Waals surface area contributed by atoms with Gasteiger partial charge in [-0.1, -0.05) is 0 Å². The third kappa shape index (κ3) is 4.14. The van der Waals surface area contributed by atoms with Crippen molar-refractivity contribution < 1.29 is 18.3 Å². The largest absolute Gasteiger partial charge is 0.481 e. The Morgan fingerprint density at radius 2 is 2.29 bits per heavy atom. The molecule has 0 radical (unpaired) electrons. The molecule has 6 heteroatoms. The van der Waals surface area contributed by atoms with Gasteiger partial charge in [0, 0.05) is 25.2 Å². The molecule has 21 heavy (non-hydrogen) atoms. The second-order valence-corrected chi connectivity index (χ2v) is 5.46. The van der Waals surface area contributed by atoms with Crippen LogP contribution in [0.25, 0.3) is 0 Å². The van der Waals surface area contributed by atoms with Crippen molar-refractivity contribution in [2.45, 2.75) is 25.8 Å². The molecule has 1 aliphatic heterocycles. The monoisotopic (exact) mass is 298 g/mol. The number of nitrogens with zero attached hydrogens (tertiary/aromatic N) is 1. The van der Waals surface area contributed by atoms with E-state index in [-0.39, 0.29) is 30.2 Å². The third-order valence-electron chi connectivity index (χ3n) is 3.80. The summed E-state index contributed by atoms with van der Waals surface area (Å²) < 4.78 is 31.3. The van der Waals surface area contributed by atoms with Crippen molar-refractivity contribution in [3.05, 3.63) is 29.8 Å². The van der Waals surface area contributed by atoms with Crippen LogP contribution in [0, 0.1) is 17.6 Å². The van der Waals surface area contributed by atoms with E-state index in [9.17, 15) is 13.6 Å². The number of ether oxygens (including phenoxy) is 1. The normalized spacial score (nSPS) is 20.2. The SMILES string of the molecule is C[C@@H](N)[C@@H]1CCCN(C(=O)COc2ccc(F)cc2F)C1. The highest BCUT2D eigenvalue weighted by Crippen LogP contribution is 2.20. The number of carbonyl (C=O) groups excluding carboxylic acids is 1. The number of hydrogen-bond acceptors (Lipinski definition) is 3. The van der Waals surface area contributed by atoms with E-state index in [0.29, 0.717) is 13.1 Å². The predicted octanol–water partition coefficient (Wildman–Crippen LogP) is 1.93. The second-order valence-electron chi connectivity index (χ2n) is 5.46. The lowest BCUT2D eigenvalue weighted by atomic mass is 9.92. The molecule has 0 bridgehead atoms. The molecule has 1 fully saturated rings. The van der Waals surface area contributed by atoms with Crippen molar-refractivity contribution in [2.75, 3.05) is 19.7 Å². The van der Waals surface area contributed by atoms with Crippen LogP contribution in [0.1, 0.15) is 19.8 Å². The summed E-state index contributed by atoms with van der Waals surface area (Å²) in [6, 6.07) is 3.04. The van der Waals surface area contributed by atoms with Gasteiger partial charge in [0.25, 0.3) is 5.91 Å². The van der Waals surface area contributed by atoms with Crippen LogP contribution in [-0.4, -0.2) is 36.5 Å². The lowest BCUT2D eigenvalue weighted by molar-refractivity contribution is -0.135. The van der Waals surface area contributed by atoms with E-state index in [2.05, 4.69) is 0 Å². The molecule has 1 aliphatic rings. The Bertz CT molecular complexity index is 508. The maximum absolute atomic E-state index is 13.4. The second kappa shape index (κ2) is 6.85. The van der Waals surface area contributed by atoms with Crippen molar-refractivity contribution in [3.63, 3.8) is 0 Å². The van der Waals surface area contributed by atoms with Gasteiger partial charge in [-0.25, -0.2) is 8.78 Å². The molecular weight excluding hydrogens is 278 g/mol. The van der Waals surface area contributed by atoms with E-state index in [1.807, 2.05) is 6.92 Å². The van der Waals surface area contributed by atoms with E-state index in [4.69, 9.17) is 10.5 Å². The standard InChI is InChI=1S/C15H20F2N2O2/c1-10(18)11-3-2-6-19(8-11)15(20)9-21-14-5-4-12(16)7-13(14)17/h4-5,7,10-11H,2-3,6,8-9,18H2,1H3/t10-,11-/m1/s1. The minimum atomic E-state index is -0.810. The van der Waals surface area contributed by atoms with E-state index < -0.39 is 11.6 Å². The van der Waals surface area contributed by atoms with Crippen molar-refractivity contribution >= 4 is 5.91 Å². The number of hydrogen-bond donors (Lipinski definition) is 1. The molecule has 2 rings (SSSR count). The smallest absolute Gasteiger partial charge is 0.260 e. The Morgan fingerprint density at radius 3 is 2.95 bits per heavy atom. The summed E-state index contributed by atoms with van der Waals surface area (Å²) in [6.45, 7) is 2.94. The van der Waals surface area contributed by atoms with Crippen molar-refractivity contribution in [2.24, 2.45) is 11.7 Å². The summed E-state index contributed by atoms with van der Waals surface area (Å²) in [5.41, 5.74) is 5.87. The van der Waals surface area contributed by atoms with Gasteiger partial charge < -0.3 is 15.4 Å². The first kappa shape index (κ1) is 15.7. The molecule has 1 heterocycles. The van der Waals surface area contributed by atoms with Gasteiger partial charge in [-0.05, 0) is 37.8 Å². The van der Waals surface area contributed by atoms with Gasteiger partial charge in [0.1, 0.15) is 5.82 Å². The highest BCUT2D eigenvalue weighted by Gasteiger charge is 2.26. The highest BCUT2D eigenvalue weighted by atomic mass is 19.1. The number of benzene rings is 1. The molecule has 1 amide bonds. The van der Waals surface area contributed by atoms with E-state index in [1.54, 1.807) is 4.90 Å². The lowest BCUT2D eigenvalue weighted by Gasteiger charge is -2.34. The van der Waals surface area contributed by atoms with Crippen LogP contribution in [0.4, 0.5) is 8.78 Å². The van der Waals surface area contributed by atoms with Crippen molar-refractivity contribution in [1.29, 1.82) is 0 Å². The summed E-state index contributed by atoms with van der Waals surface area (Å²) in [5, 5.41) is 0. The molecule has 2 atom stereocenters. The molecule has 116 valence electrons. The summed E-state index contributed by atoms with van der Waals surface area (Å²) in [5.74, 6) is -1.53. The van der Waals surface area contributed by atoms with Gasteiger partial charge in [-0.15, -0.1) is 0 Å². The fraction of sp³-hybridized carbons (Fsp3) is 0.533. The Morgan fingerprint density at radius 1 is 1.52 bits per heavy atom. The fourth-order valence-electron chi connectivity index (χ4n) is 2.49. The number of carbonyl (C=O) groups is 1. The minimum absolute atomic E-state index is 0.0380. The molecule has 0 aliphatic carbocycles. The Hall–Kier alpha value is -1.69. The van der Waals surface area contributed by atoms with Crippen LogP contribution in [0.2, 0.25) is 0 Å². The molecule has 0 aromatic heterocycles. The Kier molecular flexibility index (Phi) is 5.12. The van der Waals surface area contributed by atoms with Gasteiger partial charge in [-0.2, -0.15) is 0 Å². The molecule has 1 saturated heterocycles. The zero-order chi connectivity index (χ0) is 15.4. The topological polar surface area (TPSA) is 55.6 Å². The van der Waals surface area contributed by atoms with Crippen LogP contribution in [0.3, 0.4) is 0 Å². The van der Waals surface area contributed by atoms with Crippen LogP contribution in [0.5, 0.6) is 5.75 Å². The molecular formula is C15H20F2N2O2. The van der Waals surface area contributed by atoms with Gasteiger partial charge in [0.2, 0.25) is 0 Å². The number of rotatable bonds is 4. The fourth-order valence-corrected chi connectivity index (χ4v) is 2.49. The van der Waals surface area contributed by atoms with Gasteiger partial charge >= 0.3 is 0 Å². The first-order chi connectivity index (χ1) is 9.97. The number of halogens is 2. The molecule has 0 unspecified atom stereocenters. The summed E-state index contributed by atoms with van der Waals surface area (Å²) in [7, 11) is 0. The van der Waals surface area contributed by atoms with Gasteiger partial charge in [0.15, 0.2) is 18.2 Å². The average molecular weight is 298 g/mol. The molecule has 0 spiro atoms. The molecule has 1 aromatic carbocycles. The highest BCUT2D eigenvalue weighted by molar-refractivity contribution is 5.77. The zero-order valence-corrected chi connectivity index (χ0v) is 12.0. The lowest BCUT2D eigenvalue weighted by Crippen LogP contribution is -2.46. The van der Waals surface area contributed by atoms with Crippen LogP contribution in [0.15, 0.2) is 18.2 Å². The van der Waals surface area contributed by atoms with Gasteiger partial charge in [-0.3, -0.25) is 4.79 Å². The number of nitrogens with two attached hydrogens (primary N) is 1. The quantitative estimate of drug-likeness (QED) is 0.924. The average Bonchev–Trinajstić information content (AvgIpc) is 2.46. The Balaban J connectivity index is 1.89. The number of piperidine rings is 1. The first-order valence-electron chi connectivity index (χ1n) is 7.08. The van der Waals surface area contributed by atoms with E-state index in [1.165, 1.54) is 6.07 Å². The summed E-state index contributed by atoms with van der Waals surface area (Å²) in [6.07, 6.45) is 1.91. The van der Waals surface area contributed by atoms with Crippen molar-refractivity contribution in [1.82, 2.24) is 4.90 Å². The van der Waals surface area contributed by atoms with Gasteiger partial charge in [0.05, 0.1) is 0 Å². The number of likely N-dealkylation sites (tertiary alicyclic amines) is 1. The predicted molar refractivity (Wildman–Crippen MR) is 74.8 cm³/mol. The maximum Gasteiger partial charge on any atom is 0.260 e. The van der Waals surface area contributed by atoms with E-state index in [0.717, 1.165) is 25.0 Å². The van der Waals surface area contributed by atoms with Crippen molar-refractivity contribution in [3.8, 4) is 5.75 Å². The third-order valence-corrected chi connectivity index (χ3v) is 3.80. The minimum Gasteiger partial charge on any atom is -0.481 e. The van der Waals surface area contributed by atoms with Crippen LogP contribution < -0.4 is 10.5 Å². The zero-order valence-electron chi connectivity index (χ0n) is 12.0. The maximum atomic E-state index is 13.4. The molecule has 4 nitrogen and oxygen atoms in total. The van der Waals surface area contributed by atoms with E-state index >= 15 is 0 Å². The van der Waals surface area contributed by atoms with Crippen LogP contribution in [-0.2, 0) is 4.79 Å². The van der Waals surface area contributed by atoms with Crippen LogP contribution >= 0.6 is 0 Å². The Labute approximate surface area is 122 Å². The first-order valence-corrected chi connectivity index (χ1v) is 7.08. The molecule has 0 saturated carbocycles. The molecule has 1 aromatic rings. The molecule has 2 N–H and O–H groups in total. The number of amides is 1. The summed E-state index contributed by atoms with van der Waals surface area (Å²) in [4.78, 5) is 13.8.